The summed E-state index contributed by atoms with van der Waals surface area (Å²) in [5, 5.41) is 72.8. The van der Waals surface area contributed by atoms with E-state index in [1.165, 1.54) is 6.07 Å². The quantitative estimate of drug-likeness (QED) is 0.0957. The number of nitrogen functional groups attached to an aromatic ring is 1. The number of hydrogen-bond donors (Lipinski definition) is 11. The molecule has 0 bridgehead atoms. The molecule has 2 fully saturated rings. The van der Waals surface area contributed by atoms with Crippen LogP contribution in [0.25, 0.3) is 0 Å². The number of hydrogen-bond acceptors (Lipinski definition) is 17. The van der Waals surface area contributed by atoms with Crippen LogP contribution >= 0.6 is 7.82 Å². The van der Waals surface area contributed by atoms with Crippen LogP contribution in [0.1, 0.15) is 12.6 Å². The number of nitrogens with two attached hydrogens (primary N) is 2. The van der Waals surface area contributed by atoms with E-state index in [1.54, 1.807) is 0 Å². The van der Waals surface area contributed by atoms with Gasteiger partial charge in [-0.25, -0.2) is 18.7 Å². The lowest BCUT2D eigenvalue weighted by atomic mass is 9.88. The number of aliphatic carboxylic acids is 1. The lowest BCUT2D eigenvalue weighted by molar-refractivity contribution is -0.289. The van der Waals surface area contributed by atoms with Gasteiger partial charge in [-0.05, 0) is 6.07 Å². The van der Waals surface area contributed by atoms with Gasteiger partial charge < -0.3 is 66.9 Å². The Morgan fingerprint density at radius 2 is 1.95 bits per heavy atom. The van der Waals surface area contributed by atoms with Crippen molar-refractivity contribution in [3.63, 3.8) is 0 Å². The molecule has 3 heterocycles. The van der Waals surface area contributed by atoms with Crippen LogP contribution in [0, 0.1) is 0 Å². The van der Waals surface area contributed by atoms with Gasteiger partial charge in [-0.3, -0.25) is 13.9 Å². The van der Waals surface area contributed by atoms with Crippen molar-refractivity contribution in [1.29, 1.82) is 0 Å². The van der Waals surface area contributed by atoms with Gasteiger partial charge >= 0.3 is 19.5 Å². The van der Waals surface area contributed by atoms with Crippen LogP contribution in [0.2, 0.25) is 0 Å². The van der Waals surface area contributed by atoms with Gasteiger partial charge in [0.1, 0.15) is 42.4 Å². The SMILES string of the molecule is NCC(=O)N[C@@H]1C(O)CC(OP(=O)(O)OC[C@H]2O[C@@H](n3ccc(N)nc3=O)[C@H](O)[C@@H]2O)(C(=O)O)O[C@H]1C(O)[C@H](O)CO. The van der Waals surface area contributed by atoms with E-state index in [4.69, 9.17) is 30.0 Å². The number of carboxylic acid groups (broad SMARTS) is 1. The number of aliphatic hydroxyl groups excluding tert-OH is 6. The monoisotopic (exact) mass is 629 g/mol. The first-order valence-electron chi connectivity index (χ1n) is 12.2. The highest BCUT2D eigenvalue weighted by Gasteiger charge is 2.59. The van der Waals surface area contributed by atoms with E-state index in [0.717, 1.165) is 10.8 Å². The van der Waals surface area contributed by atoms with Crippen LogP contribution in [0.3, 0.4) is 0 Å². The Hall–Kier alpha value is -2.63. The Labute approximate surface area is 235 Å². The van der Waals surface area contributed by atoms with E-state index in [-0.39, 0.29) is 5.82 Å². The molecule has 2 saturated heterocycles. The number of carboxylic acids is 1. The number of carbonyl (C=O) groups is 2. The first-order chi connectivity index (χ1) is 19.6. The lowest BCUT2D eigenvalue weighted by Gasteiger charge is -2.46. The number of rotatable bonds is 12. The zero-order chi connectivity index (χ0) is 31.6. The summed E-state index contributed by atoms with van der Waals surface area (Å²) in [6.07, 6.45) is -14.9. The first kappa shape index (κ1) is 33.9. The van der Waals surface area contributed by atoms with Gasteiger partial charge in [0, 0.05) is 12.6 Å². The largest absolute Gasteiger partial charge is 0.477 e. The van der Waals surface area contributed by atoms with Gasteiger partial charge in [-0.2, -0.15) is 4.98 Å². The van der Waals surface area contributed by atoms with Crippen molar-refractivity contribution in [1.82, 2.24) is 14.9 Å². The van der Waals surface area contributed by atoms with Gasteiger partial charge in [0.15, 0.2) is 6.23 Å². The molecule has 13 N–H and O–H groups in total. The summed E-state index contributed by atoms with van der Waals surface area (Å²) < 4.78 is 33.7. The second kappa shape index (κ2) is 13.3. The van der Waals surface area contributed by atoms with E-state index in [2.05, 4.69) is 10.3 Å². The van der Waals surface area contributed by atoms with E-state index in [1.807, 2.05) is 0 Å². The average Bonchev–Trinajstić information content (AvgIpc) is 3.20. The number of nitrogens with zero attached hydrogens (tertiary/aromatic N) is 2. The predicted octanol–water partition coefficient (Wildman–Crippen LogP) is -6.33. The summed E-state index contributed by atoms with van der Waals surface area (Å²) in [4.78, 5) is 49.9. The standard InChI is InChI=1S/C20H32N5O16P/c21-4-11(29)24-12-7(27)3-20(18(33)34,40-16(12)13(30)8(28)5-26)41-42(36,37)38-6-9-14(31)15(32)17(39-9)25-2-1-10(22)23-19(25)35/h1-2,7-9,12-17,26-28,30-32H,3-6,21H2,(H,24,29)(H,33,34)(H,36,37)(H2,22,23,35)/t7?,8-,9-,12-,13?,14-,15-,16-,17-,20?/m1/s1. The van der Waals surface area contributed by atoms with Crippen LogP contribution in [-0.2, 0) is 32.7 Å². The maximum atomic E-state index is 12.8. The fourth-order valence-electron chi connectivity index (χ4n) is 4.33. The molecule has 11 atom stereocenters. The smallest absolute Gasteiger partial charge is 0.475 e. The van der Waals surface area contributed by atoms with Crippen LogP contribution in [-0.4, -0.2) is 136 Å². The molecule has 0 aromatic carbocycles. The number of ether oxygens (including phenoxy) is 2. The van der Waals surface area contributed by atoms with Gasteiger partial charge in [-0.15, -0.1) is 0 Å². The maximum Gasteiger partial charge on any atom is 0.475 e. The molecule has 3 rings (SSSR count). The molecule has 238 valence electrons. The molecular formula is C20H32N5O16P. The number of anilines is 1. The predicted molar refractivity (Wildman–Crippen MR) is 132 cm³/mol. The van der Waals surface area contributed by atoms with Gasteiger partial charge in [0.05, 0.1) is 31.9 Å². The van der Waals surface area contributed by atoms with E-state index in [0.29, 0.717) is 0 Å². The van der Waals surface area contributed by atoms with Crippen molar-refractivity contribution in [2.75, 3.05) is 25.5 Å². The number of phosphoric ester groups is 1. The lowest BCUT2D eigenvalue weighted by Crippen LogP contribution is -2.68. The number of carbonyl (C=O) groups excluding carboxylic acids is 1. The molecule has 4 unspecified atom stereocenters. The van der Waals surface area contributed by atoms with Gasteiger partial charge in [0.25, 0.3) is 5.79 Å². The molecule has 0 aliphatic carbocycles. The summed E-state index contributed by atoms with van der Waals surface area (Å²) >= 11 is 0. The first-order valence-corrected chi connectivity index (χ1v) is 13.7. The van der Waals surface area contributed by atoms with Crippen LogP contribution < -0.4 is 22.5 Å². The second-order valence-corrected chi connectivity index (χ2v) is 10.8. The molecule has 1 aromatic rings. The normalized spacial score (nSPS) is 34.3. The Morgan fingerprint density at radius 1 is 1.29 bits per heavy atom. The fourth-order valence-corrected chi connectivity index (χ4v) is 5.28. The number of phosphoric acid groups is 1. The Balaban J connectivity index is 1.79. The molecule has 2 aliphatic rings. The highest BCUT2D eigenvalue weighted by Crippen LogP contribution is 2.51. The minimum Gasteiger partial charge on any atom is -0.477 e. The molecule has 42 heavy (non-hydrogen) atoms. The molecule has 2 aliphatic heterocycles. The van der Waals surface area contributed by atoms with Crippen LogP contribution in [0.15, 0.2) is 17.1 Å². The molecular weight excluding hydrogens is 597 g/mol. The molecule has 21 nitrogen and oxygen atoms in total. The highest BCUT2D eigenvalue weighted by atomic mass is 31.2. The number of aliphatic hydroxyl groups is 6. The van der Waals surface area contributed by atoms with Crippen molar-refractivity contribution in [3.8, 4) is 0 Å². The van der Waals surface area contributed by atoms with Gasteiger partial charge in [-0.1, -0.05) is 0 Å². The Kier molecular flexibility index (Phi) is 10.8. The van der Waals surface area contributed by atoms with E-state index in [9.17, 15) is 59.6 Å². The van der Waals surface area contributed by atoms with Crippen LogP contribution in [0.5, 0.6) is 0 Å². The van der Waals surface area contributed by atoms with Crippen molar-refractivity contribution in [3.05, 3.63) is 22.7 Å². The van der Waals surface area contributed by atoms with Crippen molar-refractivity contribution < 1.29 is 73.3 Å². The molecule has 0 spiro atoms. The molecule has 0 saturated carbocycles. The zero-order valence-corrected chi connectivity index (χ0v) is 22.4. The maximum absolute atomic E-state index is 12.8. The Bertz CT molecular complexity index is 1240. The summed E-state index contributed by atoms with van der Waals surface area (Å²) in [6.45, 7) is -2.71. The molecule has 1 amide bonds. The number of aromatic nitrogens is 2. The van der Waals surface area contributed by atoms with Crippen molar-refractivity contribution >= 4 is 25.5 Å². The highest BCUT2D eigenvalue weighted by molar-refractivity contribution is 7.47. The second-order valence-electron chi connectivity index (χ2n) is 9.39. The van der Waals surface area contributed by atoms with Crippen LogP contribution in [0.4, 0.5) is 5.82 Å². The summed E-state index contributed by atoms with van der Waals surface area (Å²) in [6, 6.07) is -0.442. The Morgan fingerprint density at radius 3 is 2.52 bits per heavy atom. The minimum absolute atomic E-state index is 0.140. The fraction of sp³-hybridized carbons (Fsp3) is 0.700. The third-order valence-corrected chi connectivity index (χ3v) is 7.46. The van der Waals surface area contributed by atoms with Crippen molar-refractivity contribution in [2.24, 2.45) is 5.73 Å². The summed E-state index contributed by atoms with van der Waals surface area (Å²) in [5.41, 5.74) is 9.68. The van der Waals surface area contributed by atoms with E-state index < -0.39 is 112 Å². The minimum atomic E-state index is -5.54. The topological polar surface area (TPSA) is 349 Å². The number of nitrogens with one attached hydrogen (secondary N) is 1. The van der Waals surface area contributed by atoms with E-state index >= 15 is 0 Å². The molecule has 0 radical (unpaired) electrons. The number of amides is 1. The average molecular weight is 629 g/mol. The zero-order valence-electron chi connectivity index (χ0n) is 21.5. The van der Waals surface area contributed by atoms with Crippen molar-refractivity contribution in [2.45, 2.75) is 67.2 Å². The third kappa shape index (κ3) is 7.29. The van der Waals surface area contributed by atoms with Gasteiger partial charge in [0.2, 0.25) is 5.91 Å². The molecule has 22 heteroatoms. The summed E-state index contributed by atoms with van der Waals surface area (Å²) in [7, 11) is -5.54. The summed E-state index contributed by atoms with van der Waals surface area (Å²) in [5.74, 6) is -6.39. The third-order valence-electron chi connectivity index (χ3n) is 6.46. The molecule has 1 aromatic heterocycles.